The highest BCUT2D eigenvalue weighted by Gasteiger charge is 2.21. The standard InChI is InChI=1S/C14H22N2OS/c1-14(2,13(15)18)9-10-16(3)11-5-7-12(17-4)8-6-11/h5-8H,9-10H2,1-4H3,(H2,15,18). The Kier molecular flexibility index (Phi) is 4.96. The third kappa shape index (κ3) is 3.88. The molecule has 0 atom stereocenters. The molecule has 1 aromatic rings. The molecule has 0 fully saturated rings. The summed E-state index contributed by atoms with van der Waals surface area (Å²) in [5.41, 5.74) is 6.79. The van der Waals surface area contributed by atoms with Crippen molar-refractivity contribution in [3.63, 3.8) is 0 Å². The molecule has 100 valence electrons. The molecule has 0 saturated carbocycles. The summed E-state index contributed by atoms with van der Waals surface area (Å²) in [6, 6.07) is 8.02. The number of thiocarbonyl (C=S) groups is 1. The Labute approximate surface area is 115 Å². The third-order valence-corrected chi connectivity index (χ3v) is 3.81. The maximum atomic E-state index is 5.73. The zero-order valence-electron chi connectivity index (χ0n) is 11.6. The Bertz CT molecular complexity index is 401. The lowest BCUT2D eigenvalue weighted by Crippen LogP contribution is -2.33. The van der Waals surface area contributed by atoms with E-state index in [1.165, 1.54) is 0 Å². The van der Waals surface area contributed by atoms with Crippen LogP contribution in [0.25, 0.3) is 0 Å². The summed E-state index contributed by atoms with van der Waals surface area (Å²) in [4.78, 5) is 2.77. The fourth-order valence-electron chi connectivity index (χ4n) is 1.54. The number of hydrogen-bond acceptors (Lipinski definition) is 3. The van der Waals surface area contributed by atoms with E-state index >= 15 is 0 Å². The second kappa shape index (κ2) is 6.05. The topological polar surface area (TPSA) is 38.5 Å². The molecule has 4 heteroatoms. The summed E-state index contributed by atoms with van der Waals surface area (Å²) < 4.78 is 5.14. The molecule has 0 bridgehead atoms. The third-order valence-electron chi connectivity index (χ3n) is 3.25. The average molecular weight is 266 g/mol. The molecule has 1 rings (SSSR count). The molecule has 0 spiro atoms. The van der Waals surface area contributed by atoms with Crippen LogP contribution < -0.4 is 15.4 Å². The summed E-state index contributed by atoms with van der Waals surface area (Å²) >= 11 is 5.08. The van der Waals surface area contributed by atoms with Gasteiger partial charge in [0, 0.05) is 24.7 Å². The van der Waals surface area contributed by atoms with Crippen LogP contribution in [0.3, 0.4) is 0 Å². The summed E-state index contributed by atoms with van der Waals surface area (Å²) in [6.45, 7) is 5.07. The van der Waals surface area contributed by atoms with Gasteiger partial charge >= 0.3 is 0 Å². The average Bonchev–Trinajstić information content (AvgIpc) is 2.36. The van der Waals surface area contributed by atoms with Crippen molar-refractivity contribution in [3.05, 3.63) is 24.3 Å². The number of nitrogens with zero attached hydrogens (tertiary/aromatic N) is 1. The Morgan fingerprint density at radius 1 is 1.33 bits per heavy atom. The minimum atomic E-state index is -0.101. The van der Waals surface area contributed by atoms with Crippen molar-refractivity contribution < 1.29 is 4.74 Å². The van der Waals surface area contributed by atoms with Gasteiger partial charge in [-0.05, 0) is 30.7 Å². The Morgan fingerprint density at radius 2 is 1.89 bits per heavy atom. The minimum Gasteiger partial charge on any atom is -0.497 e. The van der Waals surface area contributed by atoms with Gasteiger partial charge in [-0.25, -0.2) is 0 Å². The van der Waals surface area contributed by atoms with E-state index < -0.39 is 0 Å². The van der Waals surface area contributed by atoms with E-state index in [1.54, 1.807) is 7.11 Å². The van der Waals surface area contributed by atoms with Gasteiger partial charge in [0.2, 0.25) is 0 Å². The maximum Gasteiger partial charge on any atom is 0.119 e. The molecule has 1 aromatic carbocycles. The van der Waals surface area contributed by atoms with E-state index in [2.05, 4.69) is 25.8 Å². The Balaban J connectivity index is 2.59. The minimum absolute atomic E-state index is 0.101. The van der Waals surface area contributed by atoms with Crippen LogP contribution in [0, 0.1) is 5.41 Å². The van der Waals surface area contributed by atoms with E-state index in [0.717, 1.165) is 24.4 Å². The van der Waals surface area contributed by atoms with E-state index in [1.807, 2.05) is 24.3 Å². The van der Waals surface area contributed by atoms with Gasteiger partial charge in [-0.1, -0.05) is 26.1 Å². The fourth-order valence-corrected chi connectivity index (χ4v) is 1.64. The Hall–Kier alpha value is -1.29. The van der Waals surface area contributed by atoms with E-state index in [0.29, 0.717) is 4.99 Å². The highest BCUT2D eigenvalue weighted by Crippen LogP contribution is 2.23. The molecular weight excluding hydrogens is 244 g/mol. The molecule has 2 N–H and O–H groups in total. The van der Waals surface area contributed by atoms with Gasteiger partial charge in [0.25, 0.3) is 0 Å². The summed E-state index contributed by atoms with van der Waals surface area (Å²) in [7, 11) is 3.74. The number of nitrogens with two attached hydrogens (primary N) is 1. The first-order chi connectivity index (χ1) is 8.36. The monoisotopic (exact) mass is 266 g/mol. The lowest BCUT2D eigenvalue weighted by molar-refractivity contribution is 0.415. The molecule has 0 aromatic heterocycles. The van der Waals surface area contributed by atoms with Gasteiger partial charge in [0.05, 0.1) is 12.1 Å². The van der Waals surface area contributed by atoms with Gasteiger partial charge in [0.15, 0.2) is 0 Å². The van der Waals surface area contributed by atoms with Crippen molar-refractivity contribution in [1.82, 2.24) is 0 Å². The molecule has 0 amide bonds. The zero-order valence-corrected chi connectivity index (χ0v) is 12.4. The highest BCUT2D eigenvalue weighted by molar-refractivity contribution is 7.80. The molecule has 0 saturated heterocycles. The lowest BCUT2D eigenvalue weighted by atomic mass is 9.89. The normalized spacial score (nSPS) is 11.1. The number of hydrogen-bond donors (Lipinski definition) is 1. The second-order valence-corrected chi connectivity index (χ2v) is 5.56. The maximum absolute atomic E-state index is 5.73. The molecule has 0 aliphatic rings. The number of ether oxygens (including phenoxy) is 1. The van der Waals surface area contributed by atoms with Crippen LogP contribution in [0.1, 0.15) is 20.3 Å². The molecule has 3 nitrogen and oxygen atoms in total. The zero-order chi connectivity index (χ0) is 13.8. The van der Waals surface area contributed by atoms with Crippen LogP contribution in [0.5, 0.6) is 5.75 Å². The quantitative estimate of drug-likeness (QED) is 0.804. The Morgan fingerprint density at radius 3 is 2.33 bits per heavy atom. The molecule has 18 heavy (non-hydrogen) atoms. The smallest absolute Gasteiger partial charge is 0.119 e. The van der Waals surface area contributed by atoms with Crippen molar-refractivity contribution in [2.24, 2.45) is 11.1 Å². The summed E-state index contributed by atoms with van der Waals surface area (Å²) in [5.74, 6) is 0.871. The highest BCUT2D eigenvalue weighted by atomic mass is 32.1. The molecule has 0 unspecified atom stereocenters. The van der Waals surface area contributed by atoms with Crippen LogP contribution in [-0.4, -0.2) is 25.7 Å². The van der Waals surface area contributed by atoms with Crippen LogP contribution in [0.15, 0.2) is 24.3 Å². The molecule has 0 aliphatic heterocycles. The van der Waals surface area contributed by atoms with Gasteiger partial charge in [-0.2, -0.15) is 0 Å². The predicted molar refractivity (Wildman–Crippen MR) is 81.4 cm³/mol. The lowest BCUT2D eigenvalue weighted by Gasteiger charge is -2.27. The number of methoxy groups -OCH3 is 1. The van der Waals surface area contributed by atoms with Crippen LogP contribution in [0.4, 0.5) is 5.69 Å². The van der Waals surface area contributed by atoms with E-state index in [4.69, 9.17) is 22.7 Å². The van der Waals surface area contributed by atoms with Crippen LogP contribution in [-0.2, 0) is 0 Å². The first-order valence-corrected chi connectivity index (χ1v) is 6.43. The number of rotatable bonds is 6. The van der Waals surface area contributed by atoms with Gasteiger partial charge < -0.3 is 15.4 Å². The molecular formula is C14H22N2OS. The van der Waals surface area contributed by atoms with Crippen molar-refractivity contribution in [2.75, 3.05) is 25.6 Å². The molecule has 0 radical (unpaired) electrons. The summed E-state index contributed by atoms with van der Waals surface area (Å²) in [6.07, 6.45) is 0.935. The van der Waals surface area contributed by atoms with E-state index in [-0.39, 0.29) is 5.41 Å². The van der Waals surface area contributed by atoms with Crippen molar-refractivity contribution in [2.45, 2.75) is 20.3 Å². The van der Waals surface area contributed by atoms with Crippen molar-refractivity contribution in [3.8, 4) is 5.75 Å². The van der Waals surface area contributed by atoms with Gasteiger partial charge in [-0.3, -0.25) is 0 Å². The van der Waals surface area contributed by atoms with Crippen molar-refractivity contribution in [1.29, 1.82) is 0 Å². The number of benzene rings is 1. The predicted octanol–water partition coefficient (Wildman–Crippen LogP) is 2.83. The SMILES string of the molecule is COc1ccc(N(C)CCC(C)(C)C(N)=S)cc1. The van der Waals surface area contributed by atoms with Crippen molar-refractivity contribution >= 4 is 22.9 Å². The fraction of sp³-hybridized carbons (Fsp3) is 0.500. The first kappa shape index (κ1) is 14.8. The number of anilines is 1. The van der Waals surface area contributed by atoms with Gasteiger partial charge in [-0.15, -0.1) is 0 Å². The molecule has 0 heterocycles. The molecule has 0 aliphatic carbocycles. The van der Waals surface area contributed by atoms with Crippen LogP contribution in [0.2, 0.25) is 0 Å². The van der Waals surface area contributed by atoms with Crippen LogP contribution >= 0.6 is 12.2 Å². The first-order valence-electron chi connectivity index (χ1n) is 6.02. The van der Waals surface area contributed by atoms with E-state index in [9.17, 15) is 0 Å². The summed E-state index contributed by atoms with van der Waals surface area (Å²) in [5, 5.41) is 0. The second-order valence-electron chi connectivity index (χ2n) is 5.12. The van der Waals surface area contributed by atoms with Gasteiger partial charge in [0.1, 0.15) is 5.75 Å². The largest absolute Gasteiger partial charge is 0.497 e.